The minimum absolute atomic E-state index is 0.557. The zero-order valence-corrected chi connectivity index (χ0v) is 12.4. The van der Waals surface area contributed by atoms with Crippen molar-refractivity contribution in [1.82, 2.24) is 4.90 Å². The van der Waals surface area contributed by atoms with E-state index >= 15 is 0 Å². The van der Waals surface area contributed by atoms with Gasteiger partial charge in [0.15, 0.2) is 0 Å². The SMILES string of the molecule is CC(C)N1C(c2ccccc2)CCC1c1ccccc1. The molecule has 20 heavy (non-hydrogen) atoms. The highest BCUT2D eigenvalue weighted by molar-refractivity contribution is 5.25. The molecule has 0 bridgehead atoms. The second kappa shape index (κ2) is 5.80. The van der Waals surface area contributed by atoms with Crippen molar-refractivity contribution in [1.29, 1.82) is 0 Å². The highest BCUT2D eigenvalue weighted by Gasteiger charge is 2.36. The van der Waals surface area contributed by atoms with Crippen LogP contribution in [0.4, 0.5) is 0 Å². The summed E-state index contributed by atoms with van der Waals surface area (Å²) in [5.74, 6) is 0. The molecule has 1 heterocycles. The van der Waals surface area contributed by atoms with Crippen molar-refractivity contribution in [2.45, 2.75) is 44.8 Å². The van der Waals surface area contributed by atoms with Gasteiger partial charge in [-0.25, -0.2) is 0 Å². The summed E-state index contributed by atoms with van der Waals surface area (Å²) >= 11 is 0. The average molecular weight is 265 g/mol. The summed E-state index contributed by atoms with van der Waals surface area (Å²) in [4.78, 5) is 2.69. The van der Waals surface area contributed by atoms with Crippen LogP contribution in [0, 0.1) is 0 Å². The summed E-state index contributed by atoms with van der Waals surface area (Å²) in [6.45, 7) is 4.63. The number of nitrogens with zero attached hydrogens (tertiary/aromatic N) is 1. The van der Waals surface area contributed by atoms with Gasteiger partial charge in [-0.2, -0.15) is 0 Å². The molecule has 0 aliphatic carbocycles. The van der Waals surface area contributed by atoms with Gasteiger partial charge in [0.2, 0.25) is 0 Å². The predicted octanol–water partition coefficient (Wildman–Crippen LogP) is 4.97. The summed E-state index contributed by atoms with van der Waals surface area (Å²) in [5, 5.41) is 0. The summed E-state index contributed by atoms with van der Waals surface area (Å²) in [6.07, 6.45) is 2.50. The van der Waals surface area contributed by atoms with Crippen LogP contribution < -0.4 is 0 Å². The molecule has 0 saturated carbocycles. The molecule has 2 atom stereocenters. The first-order valence-electron chi connectivity index (χ1n) is 7.64. The standard InChI is InChI=1S/C19H23N/c1-15(2)20-18(16-9-5-3-6-10-16)13-14-19(20)17-11-7-4-8-12-17/h3-12,15,18-19H,13-14H2,1-2H3. The van der Waals surface area contributed by atoms with Gasteiger partial charge in [-0.3, -0.25) is 4.90 Å². The maximum atomic E-state index is 2.69. The van der Waals surface area contributed by atoms with Gasteiger partial charge in [0.25, 0.3) is 0 Å². The Labute approximate surface area is 122 Å². The highest BCUT2D eigenvalue weighted by atomic mass is 15.2. The minimum atomic E-state index is 0.557. The largest absolute Gasteiger partial charge is 0.287 e. The second-order valence-electron chi connectivity index (χ2n) is 5.97. The van der Waals surface area contributed by atoms with E-state index in [4.69, 9.17) is 0 Å². The van der Waals surface area contributed by atoms with E-state index < -0.39 is 0 Å². The normalized spacial score (nSPS) is 23.4. The van der Waals surface area contributed by atoms with E-state index in [1.807, 2.05) is 0 Å². The lowest BCUT2D eigenvalue weighted by Gasteiger charge is -2.34. The Kier molecular flexibility index (Phi) is 3.88. The van der Waals surface area contributed by atoms with Crippen LogP contribution in [0.15, 0.2) is 60.7 Å². The monoisotopic (exact) mass is 265 g/mol. The summed E-state index contributed by atoms with van der Waals surface area (Å²) < 4.78 is 0. The Hall–Kier alpha value is -1.60. The van der Waals surface area contributed by atoms with Crippen LogP contribution in [0.3, 0.4) is 0 Å². The first-order valence-corrected chi connectivity index (χ1v) is 7.64. The topological polar surface area (TPSA) is 3.24 Å². The van der Waals surface area contributed by atoms with Gasteiger partial charge in [0.1, 0.15) is 0 Å². The molecule has 0 radical (unpaired) electrons. The maximum absolute atomic E-state index is 2.69. The Morgan fingerprint density at radius 2 is 1.15 bits per heavy atom. The first kappa shape index (κ1) is 13.4. The minimum Gasteiger partial charge on any atom is -0.287 e. The molecule has 1 aliphatic rings. The van der Waals surface area contributed by atoms with Crippen LogP contribution in [-0.2, 0) is 0 Å². The van der Waals surface area contributed by atoms with Crippen molar-refractivity contribution >= 4 is 0 Å². The Morgan fingerprint density at radius 1 is 0.750 bits per heavy atom. The third kappa shape index (κ3) is 2.51. The van der Waals surface area contributed by atoms with E-state index in [-0.39, 0.29) is 0 Å². The highest BCUT2D eigenvalue weighted by Crippen LogP contribution is 2.45. The second-order valence-corrected chi connectivity index (χ2v) is 5.97. The summed E-state index contributed by atoms with van der Waals surface area (Å²) in [6, 6.07) is 23.6. The fraction of sp³-hybridized carbons (Fsp3) is 0.368. The van der Waals surface area contributed by atoms with Gasteiger partial charge in [-0.05, 0) is 37.8 Å². The predicted molar refractivity (Wildman–Crippen MR) is 84.6 cm³/mol. The molecule has 2 aromatic carbocycles. The van der Waals surface area contributed by atoms with Crippen LogP contribution in [-0.4, -0.2) is 10.9 Å². The first-order chi connectivity index (χ1) is 9.77. The van der Waals surface area contributed by atoms with Crippen LogP contribution in [0.25, 0.3) is 0 Å². The number of hydrogen-bond acceptors (Lipinski definition) is 1. The molecule has 0 N–H and O–H groups in total. The third-order valence-electron chi connectivity index (χ3n) is 4.40. The van der Waals surface area contributed by atoms with Gasteiger partial charge in [-0.15, -0.1) is 0 Å². The molecule has 0 aromatic heterocycles. The lowest BCUT2D eigenvalue weighted by molar-refractivity contribution is 0.148. The molecule has 3 rings (SSSR count). The van der Waals surface area contributed by atoms with E-state index in [9.17, 15) is 0 Å². The molecule has 1 nitrogen and oxygen atoms in total. The number of hydrogen-bond donors (Lipinski definition) is 0. The van der Waals surface area contributed by atoms with Gasteiger partial charge < -0.3 is 0 Å². The molecule has 0 amide bonds. The Morgan fingerprint density at radius 3 is 1.50 bits per heavy atom. The van der Waals surface area contributed by atoms with E-state index in [0.29, 0.717) is 18.1 Å². The zero-order chi connectivity index (χ0) is 13.9. The number of likely N-dealkylation sites (tertiary alicyclic amines) is 1. The van der Waals surface area contributed by atoms with Gasteiger partial charge in [0.05, 0.1) is 0 Å². The Balaban J connectivity index is 1.92. The van der Waals surface area contributed by atoms with Crippen molar-refractivity contribution in [3.8, 4) is 0 Å². The molecule has 2 unspecified atom stereocenters. The zero-order valence-electron chi connectivity index (χ0n) is 12.4. The fourth-order valence-electron chi connectivity index (χ4n) is 3.58. The van der Waals surface area contributed by atoms with Gasteiger partial charge >= 0.3 is 0 Å². The Bertz CT molecular complexity index is 485. The van der Waals surface area contributed by atoms with Gasteiger partial charge in [-0.1, -0.05) is 60.7 Å². The molecule has 2 aromatic rings. The van der Waals surface area contributed by atoms with Crippen molar-refractivity contribution in [3.63, 3.8) is 0 Å². The van der Waals surface area contributed by atoms with Crippen LogP contribution in [0.1, 0.15) is 49.9 Å². The summed E-state index contributed by atoms with van der Waals surface area (Å²) in [5.41, 5.74) is 2.92. The van der Waals surface area contributed by atoms with E-state index in [0.717, 1.165) is 0 Å². The quantitative estimate of drug-likeness (QED) is 0.757. The van der Waals surface area contributed by atoms with Crippen LogP contribution in [0.2, 0.25) is 0 Å². The summed E-state index contributed by atoms with van der Waals surface area (Å²) in [7, 11) is 0. The third-order valence-corrected chi connectivity index (χ3v) is 4.40. The molecule has 1 aliphatic heterocycles. The molecule has 1 fully saturated rings. The molecular formula is C19H23N. The number of benzene rings is 2. The lowest BCUT2D eigenvalue weighted by Crippen LogP contribution is -2.32. The fourth-order valence-corrected chi connectivity index (χ4v) is 3.58. The van der Waals surface area contributed by atoms with Crippen molar-refractivity contribution in [2.75, 3.05) is 0 Å². The van der Waals surface area contributed by atoms with Crippen molar-refractivity contribution in [3.05, 3.63) is 71.8 Å². The smallest absolute Gasteiger partial charge is 0.0357 e. The van der Waals surface area contributed by atoms with Gasteiger partial charge in [0, 0.05) is 18.1 Å². The van der Waals surface area contributed by atoms with Crippen LogP contribution >= 0.6 is 0 Å². The van der Waals surface area contributed by atoms with E-state index in [1.54, 1.807) is 0 Å². The molecule has 1 heteroatoms. The van der Waals surface area contributed by atoms with E-state index in [1.165, 1.54) is 24.0 Å². The van der Waals surface area contributed by atoms with Crippen molar-refractivity contribution in [2.24, 2.45) is 0 Å². The van der Waals surface area contributed by atoms with E-state index in [2.05, 4.69) is 79.4 Å². The molecular weight excluding hydrogens is 242 g/mol. The maximum Gasteiger partial charge on any atom is 0.0357 e. The number of rotatable bonds is 3. The van der Waals surface area contributed by atoms with Crippen molar-refractivity contribution < 1.29 is 0 Å². The molecule has 104 valence electrons. The molecule has 1 saturated heterocycles. The average Bonchev–Trinajstić information content (AvgIpc) is 2.94. The lowest BCUT2D eigenvalue weighted by atomic mass is 10.0. The molecule has 0 spiro atoms. The van der Waals surface area contributed by atoms with Crippen LogP contribution in [0.5, 0.6) is 0 Å².